The average Bonchev–Trinajstić information content (AvgIpc) is 2.75. The van der Waals surface area contributed by atoms with Crippen molar-refractivity contribution in [2.75, 3.05) is 20.8 Å². The molecule has 0 fully saturated rings. The molecule has 0 saturated carbocycles. The van der Waals surface area contributed by atoms with Gasteiger partial charge in [0.05, 0.1) is 25.8 Å². The molecular formula is C23H29NO5. The highest BCUT2D eigenvalue weighted by Crippen LogP contribution is 2.28. The zero-order valence-electron chi connectivity index (χ0n) is 17.7. The summed E-state index contributed by atoms with van der Waals surface area (Å²) >= 11 is 0. The van der Waals surface area contributed by atoms with Crippen LogP contribution in [0.1, 0.15) is 48.3 Å². The standard InChI is InChI=1S/C23H29NO5/c1-6-16-7-9-17(10-8-16)22(15(2)3)24-21(25)14-29-23(26)18-11-12-19(27-4)20(13-18)28-5/h7-13,15,22H,6,14H2,1-5H3,(H,24,25)/t22-/m1/s1. The number of amides is 1. The third-order valence-corrected chi connectivity index (χ3v) is 4.68. The molecule has 6 nitrogen and oxygen atoms in total. The van der Waals surface area contributed by atoms with Crippen LogP contribution in [0.15, 0.2) is 42.5 Å². The van der Waals surface area contributed by atoms with Gasteiger partial charge in [-0.3, -0.25) is 4.79 Å². The van der Waals surface area contributed by atoms with Gasteiger partial charge in [-0.1, -0.05) is 45.0 Å². The highest BCUT2D eigenvalue weighted by Gasteiger charge is 2.20. The topological polar surface area (TPSA) is 73.9 Å². The lowest BCUT2D eigenvalue weighted by molar-refractivity contribution is -0.125. The molecule has 0 heterocycles. The van der Waals surface area contributed by atoms with E-state index in [1.165, 1.54) is 25.8 Å². The van der Waals surface area contributed by atoms with Gasteiger partial charge in [0.2, 0.25) is 0 Å². The maximum absolute atomic E-state index is 12.4. The molecule has 1 atom stereocenters. The predicted molar refractivity (Wildman–Crippen MR) is 111 cm³/mol. The van der Waals surface area contributed by atoms with E-state index in [1.54, 1.807) is 12.1 Å². The van der Waals surface area contributed by atoms with E-state index in [4.69, 9.17) is 14.2 Å². The van der Waals surface area contributed by atoms with E-state index in [-0.39, 0.29) is 30.0 Å². The first-order valence-corrected chi connectivity index (χ1v) is 9.66. The monoisotopic (exact) mass is 399 g/mol. The fourth-order valence-electron chi connectivity index (χ4n) is 2.99. The number of nitrogens with one attached hydrogen (secondary N) is 1. The molecule has 1 N–H and O–H groups in total. The molecule has 0 aliphatic heterocycles. The largest absolute Gasteiger partial charge is 0.493 e. The Morgan fingerprint density at radius 2 is 1.62 bits per heavy atom. The number of carbonyl (C=O) groups is 2. The van der Waals surface area contributed by atoms with Crippen LogP contribution in [0, 0.1) is 5.92 Å². The number of methoxy groups -OCH3 is 2. The van der Waals surface area contributed by atoms with Crippen LogP contribution in [-0.4, -0.2) is 32.7 Å². The van der Waals surface area contributed by atoms with Gasteiger partial charge < -0.3 is 19.5 Å². The molecule has 0 aliphatic carbocycles. The molecule has 0 spiro atoms. The van der Waals surface area contributed by atoms with Crippen LogP contribution in [0.25, 0.3) is 0 Å². The molecule has 0 unspecified atom stereocenters. The Kier molecular flexibility index (Phi) is 8.07. The van der Waals surface area contributed by atoms with Gasteiger partial charge in [-0.25, -0.2) is 4.79 Å². The Labute approximate surface area is 172 Å². The van der Waals surface area contributed by atoms with E-state index >= 15 is 0 Å². The summed E-state index contributed by atoms with van der Waals surface area (Å²) in [7, 11) is 3.00. The number of carbonyl (C=O) groups excluding carboxylic acids is 2. The van der Waals surface area contributed by atoms with Crippen LogP contribution < -0.4 is 14.8 Å². The lowest BCUT2D eigenvalue weighted by Gasteiger charge is -2.23. The summed E-state index contributed by atoms with van der Waals surface area (Å²) in [6.07, 6.45) is 0.963. The Morgan fingerprint density at radius 1 is 0.966 bits per heavy atom. The summed E-state index contributed by atoms with van der Waals surface area (Å²) < 4.78 is 15.5. The minimum absolute atomic E-state index is 0.159. The maximum atomic E-state index is 12.4. The second-order valence-corrected chi connectivity index (χ2v) is 7.03. The minimum atomic E-state index is -0.602. The van der Waals surface area contributed by atoms with Gasteiger partial charge in [0, 0.05) is 0 Å². The molecule has 2 aromatic rings. The molecule has 2 aromatic carbocycles. The molecule has 0 saturated heterocycles. The van der Waals surface area contributed by atoms with Crippen molar-refractivity contribution in [1.29, 1.82) is 0 Å². The van der Waals surface area contributed by atoms with Gasteiger partial charge in [0.15, 0.2) is 18.1 Å². The zero-order chi connectivity index (χ0) is 21.4. The van der Waals surface area contributed by atoms with Crippen molar-refractivity contribution >= 4 is 11.9 Å². The highest BCUT2D eigenvalue weighted by atomic mass is 16.5. The van der Waals surface area contributed by atoms with E-state index in [2.05, 4.69) is 24.4 Å². The van der Waals surface area contributed by atoms with Crippen molar-refractivity contribution in [3.05, 3.63) is 59.2 Å². The van der Waals surface area contributed by atoms with Crippen molar-refractivity contribution in [3.63, 3.8) is 0 Å². The van der Waals surface area contributed by atoms with Gasteiger partial charge in [-0.05, 0) is 41.7 Å². The number of hydrogen-bond acceptors (Lipinski definition) is 5. The molecule has 156 valence electrons. The Hall–Kier alpha value is -3.02. The maximum Gasteiger partial charge on any atom is 0.338 e. The fourth-order valence-corrected chi connectivity index (χ4v) is 2.99. The van der Waals surface area contributed by atoms with E-state index < -0.39 is 5.97 Å². The average molecular weight is 399 g/mol. The molecule has 2 rings (SSSR count). The summed E-state index contributed by atoms with van der Waals surface area (Å²) in [5, 5.41) is 2.96. The Morgan fingerprint density at radius 3 is 2.17 bits per heavy atom. The first-order valence-electron chi connectivity index (χ1n) is 9.66. The number of hydrogen-bond donors (Lipinski definition) is 1. The van der Waals surface area contributed by atoms with Crippen LogP contribution >= 0.6 is 0 Å². The van der Waals surface area contributed by atoms with E-state index in [1.807, 2.05) is 26.0 Å². The summed E-state index contributed by atoms with van der Waals surface area (Å²) in [5.74, 6) is 0.164. The lowest BCUT2D eigenvalue weighted by Crippen LogP contribution is -2.35. The van der Waals surface area contributed by atoms with Crippen molar-refractivity contribution < 1.29 is 23.8 Å². The first-order chi connectivity index (χ1) is 13.9. The minimum Gasteiger partial charge on any atom is -0.493 e. The molecule has 0 aliphatic rings. The van der Waals surface area contributed by atoms with Gasteiger partial charge in [-0.15, -0.1) is 0 Å². The summed E-state index contributed by atoms with van der Waals surface area (Å²) in [6, 6.07) is 12.7. The third kappa shape index (κ3) is 5.98. The molecule has 29 heavy (non-hydrogen) atoms. The summed E-state index contributed by atoms with van der Waals surface area (Å²) in [4.78, 5) is 24.7. The Bertz CT molecular complexity index is 830. The molecule has 6 heteroatoms. The van der Waals surface area contributed by atoms with Crippen molar-refractivity contribution in [2.45, 2.75) is 33.2 Å². The van der Waals surface area contributed by atoms with Crippen molar-refractivity contribution in [1.82, 2.24) is 5.32 Å². The number of aryl methyl sites for hydroxylation is 1. The van der Waals surface area contributed by atoms with E-state index in [0.717, 1.165) is 12.0 Å². The summed E-state index contributed by atoms with van der Waals surface area (Å²) in [5.41, 5.74) is 2.55. The van der Waals surface area contributed by atoms with Gasteiger partial charge in [-0.2, -0.15) is 0 Å². The highest BCUT2D eigenvalue weighted by molar-refractivity contribution is 5.92. The second-order valence-electron chi connectivity index (χ2n) is 7.03. The fraction of sp³-hybridized carbons (Fsp3) is 0.391. The number of rotatable bonds is 9. The summed E-state index contributed by atoms with van der Waals surface area (Å²) in [6.45, 7) is 5.82. The lowest BCUT2D eigenvalue weighted by atomic mass is 9.95. The second kappa shape index (κ2) is 10.5. The number of ether oxygens (including phenoxy) is 3. The number of esters is 1. The zero-order valence-corrected chi connectivity index (χ0v) is 17.7. The van der Waals surface area contributed by atoms with Crippen LogP contribution in [0.5, 0.6) is 11.5 Å². The van der Waals surface area contributed by atoms with Crippen LogP contribution in [0.2, 0.25) is 0 Å². The van der Waals surface area contributed by atoms with E-state index in [9.17, 15) is 9.59 Å². The molecule has 0 aromatic heterocycles. The normalized spacial score (nSPS) is 11.7. The van der Waals surface area contributed by atoms with E-state index in [0.29, 0.717) is 11.5 Å². The van der Waals surface area contributed by atoms with Crippen LogP contribution in [0.4, 0.5) is 0 Å². The Balaban J connectivity index is 1.98. The SMILES string of the molecule is CCc1ccc([C@H](NC(=O)COC(=O)c2ccc(OC)c(OC)c2)C(C)C)cc1. The van der Waals surface area contributed by atoms with Gasteiger partial charge in [0.1, 0.15) is 0 Å². The molecular weight excluding hydrogens is 370 g/mol. The van der Waals surface area contributed by atoms with Crippen LogP contribution in [0.3, 0.4) is 0 Å². The van der Waals surface area contributed by atoms with Gasteiger partial charge in [0.25, 0.3) is 5.91 Å². The smallest absolute Gasteiger partial charge is 0.338 e. The van der Waals surface area contributed by atoms with Crippen molar-refractivity contribution in [2.24, 2.45) is 5.92 Å². The predicted octanol–water partition coefficient (Wildman–Crippen LogP) is 3.94. The quantitative estimate of drug-likeness (QED) is 0.647. The van der Waals surface area contributed by atoms with Gasteiger partial charge >= 0.3 is 5.97 Å². The third-order valence-electron chi connectivity index (χ3n) is 4.68. The van der Waals surface area contributed by atoms with Crippen LogP contribution in [-0.2, 0) is 16.0 Å². The number of benzene rings is 2. The molecule has 0 bridgehead atoms. The first kappa shape index (κ1) is 22.3. The molecule has 0 radical (unpaired) electrons. The molecule has 1 amide bonds. The van der Waals surface area contributed by atoms with Crippen molar-refractivity contribution in [3.8, 4) is 11.5 Å².